The Bertz CT molecular complexity index is 3010. The van der Waals surface area contributed by atoms with Crippen LogP contribution in [0.5, 0.6) is 23.0 Å². The third kappa shape index (κ3) is 21.8. The van der Waals surface area contributed by atoms with Gasteiger partial charge in [0.2, 0.25) is 0 Å². The first-order valence-electron chi connectivity index (χ1n) is 18.9. The SMILES string of the molecule is C.C#CC.C#Cc1ccc(=O)oc1.Ic1ccc(Oc2ccc(I)cc2)cc1.O=c1ccc(Br)co1.O=c1ccc(C#Cc2ccc(Oc3ccc(C#Cc4ccc(=O)oc4)cc3)cc2)co1. The van der Waals surface area contributed by atoms with E-state index in [0.717, 1.165) is 27.1 Å². The van der Waals surface area contributed by atoms with Crippen molar-refractivity contribution in [2.45, 2.75) is 14.4 Å². The van der Waals surface area contributed by atoms with Crippen molar-refractivity contribution in [2.75, 3.05) is 0 Å². The third-order valence-corrected chi connectivity index (χ3v) is 9.34. The van der Waals surface area contributed by atoms with Gasteiger partial charge in [-0.1, -0.05) is 37.0 Å². The summed E-state index contributed by atoms with van der Waals surface area (Å²) in [7, 11) is 0. The van der Waals surface area contributed by atoms with E-state index in [2.05, 4.69) is 112 Å². The molecule has 67 heavy (non-hydrogen) atoms. The molecule has 0 aliphatic carbocycles. The fourth-order valence-electron chi connectivity index (χ4n) is 4.42. The smallest absolute Gasteiger partial charge is 0.335 e. The average Bonchev–Trinajstić information content (AvgIpc) is 3.33. The van der Waals surface area contributed by atoms with Crippen molar-refractivity contribution in [1.29, 1.82) is 0 Å². The summed E-state index contributed by atoms with van der Waals surface area (Å²) >= 11 is 7.66. The van der Waals surface area contributed by atoms with Crippen molar-refractivity contribution in [3.05, 3.63) is 252 Å². The van der Waals surface area contributed by atoms with E-state index in [4.69, 9.17) is 24.7 Å². The van der Waals surface area contributed by atoms with Gasteiger partial charge >= 0.3 is 22.5 Å². The maximum absolute atomic E-state index is 11.0. The van der Waals surface area contributed by atoms with Gasteiger partial charge in [-0.05, 0) is 189 Å². The van der Waals surface area contributed by atoms with Crippen LogP contribution in [0.3, 0.4) is 0 Å². The van der Waals surface area contributed by atoms with Gasteiger partial charge in [-0.15, -0.1) is 18.8 Å². The molecule has 0 atom stereocenters. The Balaban J connectivity index is 0.000000272. The molecule has 0 aliphatic heterocycles. The zero-order chi connectivity index (χ0) is 47.5. The first-order chi connectivity index (χ1) is 31.9. The second-order valence-corrected chi connectivity index (χ2v) is 15.8. The standard InChI is InChI=1S/C26H14O5.C12H8I2O.C7H4O2.C5H3BrO2.C3H4.CH4/c27-25-15-9-21(17-29-25)3-1-19-5-11-23(12-6-19)31-24-13-7-20(8-14-24)2-4-22-10-16-26(28)30-18-22;13-9-1-5-11(6-2-9)15-12-7-3-10(14)4-8-12;1-2-6-3-4-7(8)9-5-6;6-4-1-2-5(7)8-3-4;1-3-2;/h5-18H;1-8H;1,3-5H;1-3H;1H,2H3;1H4. The largest absolute Gasteiger partial charge is 0.457 e. The van der Waals surface area contributed by atoms with Gasteiger partial charge in [-0.3, -0.25) is 0 Å². The molecule has 0 amide bonds. The summed E-state index contributed by atoms with van der Waals surface area (Å²) in [4.78, 5) is 42.4. The summed E-state index contributed by atoms with van der Waals surface area (Å²) < 4.78 is 33.2. The number of ether oxygens (including phenoxy) is 2. The summed E-state index contributed by atoms with van der Waals surface area (Å²) in [5.74, 6) is 19.5. The molecule has 8 rings (SSSR count). The monoisotopic (exact) mass is 1180 g/mol. The number of hydrogen-bond donors (Lipinski definition) is 0. The Hall–Kier alpha value is -7.54. The lowest BCUT2D eigenvalue weighted by molar-refractivity contribution is 0.482. The zero-order valence-corrected chi connectivity index (χ0v) is 40.4. The van der Waals surface area contributed by atoms with Crippen LogP contribution in [0.4, 0.5) is 0 Å². The second-order valence-electron chi connectivity index (χ2n) is 12.4. The normalized spacial score (nSPS) is 9.04. The van der Waals surface area contributed by atoms with Crippen LogP contribution in [-0.2, 0) is 0 Å². The summed E-state index contributed by atoms with van der Waals surface area (Å²) in [5.41, 5.74) is 1.93. The van der Waals surface area contributed by atoms with Crippen molar-refractivity contribution < 1.29 is 27.1 Å². The Labute approximate surface area is 422 Å². The highest BCUT2D eigenvalue weighted by molar-refractivity contribution is 14.1. The predicted octanol–water partition coefficient (Wildman–Crippen LogP) is 12.2. The minimum absolute atomic E-state index is 0. The van der Waals surface area contributed by atoms with E-state index in [9.17, 15) is 19.2 Å². The summed E-state index contributed by atoms with van der Waals surface area (Å²) in [6.07, 6.45) is 14.9. The van der Waals surface area contributed by atoms with Crippen LogP contribution >= 0.6 is 61.1 Å². The highest BCUT2D eigenvalue weighted by Gasteiger charge is 1.99. The van der Waals surface area contributed by atoms with Crippen molar-refractivity contribution in [2.24, 2.45) is 0 Å². The van der Waals surface area contributed by atoms with Gasteiger partial charge in [-0.25, -0.2) is 19.2 Å². The molecule has 4 heterocycles. The molecule has 4 aromatic heterocycles. The van der Waals surface area contributed by atoms with Gasteiger partial charge in [0.25, 0.3) is 0 Å². The fraction of sp³-hybridized carbons (Fsp3) is 0.0370. The number of rotatable bonds is 4. The molecule has 4 aromatic carbocycles. The minimum Gasteiger partial charge on any atom is -0.457 e. The van der Waals surface area contributed by atoms with E-state index >= 15 is 0 Å². The van der Waals surface area contributed by atoms with E-state index in [0.29, 0.717) is 28.2 Å². The number of halogens is 3. The molecule has 0 aliphatic rings. The van der Waals surface area contributed by atoms with Crippen LogP contribution in [0, 0.1) is 55.5 Å². The molecule has 10 nitrogen and oxygen atoms in total. The quantitative estimate of drug-likeness (QED) is 0.124. The molecule has 0 spiro atoms. The van der Waals surface area contributed by atoms with Crippen LogP contribution in [0.15, 0.2) is 212 Å². The average molecular weight is 1180 g/mol. The molecule has 13 heteroatoms. The van der Waals surface area contributed by atoms with E-state index in [1.807, 2.05) is 97.1 Å². The Morgan fingerprint density at radius 2 is 0.687 bits per heavy atom. The van der Waals surface area contributed by atoms with Gasteiger partial charge in [0.15, 0.2) is 0 Å². The van der Waals surface area contributed by atoms with Gasteiger partial charge in [0, 0.05) is 42.5 Å². The third-order valence-electron chi connectivity index (χ3n) is 7.45. The van der Waals surface area contributed by atoms with Crippen LogP contribution in [0.25, 0.3) is 0 Å². The second kappa shape index (κ2) is 29.8. The molecule has 334 valence electrons. The van der Waals surface area contributed by atoms with Gasteiger partial charge in [0.05, 0.1) is 21.2 Å². The molecule has 0 N–H and O–H groups in total. The fourth-order valence-corrected chi connectivity index (χ4v) is 5.36. The molecular formula is C54H37BrI2O10. The first kappa shape index (κ1) is 53.8. The van der Waals surface area contributed by atoms with Crippen molar-refractivity contribution in [1.82, 2.24) is 0 Å². The van der Waals surface area contributed by atoms with E-state index in [1.54, 1.807) is 25.1 Å². The van der Waals surface area contributed by atoms with Crippen molar-refractivity contribution in [3.8, 4) is 71.4 Å². The summed E-state index contributed by atoms with van der Waals surface area (Å²) in [6.45, 7) is 1.65. The van der Waals surface area contributed by atoms with E-state index < -0.39 is 11.3 Å². The Morgan fingerprint density at radius 3 is 0.955 bits per heavy atom. The lowest BCUT2D eigenvalue weighted by Gasteiger charge is -2.05. The number of terminal acetylenes is 2. The molecule has 0 saturated heterocycles. The number of benzene rings is 4. The lowest BCUT2D eigenvalue weighted by atomic mass is 10.2. The lowest BCUT2D eigenvalue weighted by Crippen LogP contribution is -1.93. The van der Waals surface area contributed by atoms with Gasteiger partial charge in [0.1, 0.15) is 48.1 Å². The van der Waals surface area contributed by atoms with Crippen molar-refractivity contribution >= 4 is 61.1 Å². The van der Waals surface area contributed by atoms with Crippen LogP contribution < -0.4 is 32.0 Å². The minimum atomic E-state index is -0.404. The summed E-state index contributed by atoms with van der Waals surface area (Å²) in [5, 5.41) is 0. The van der Waals surface area contributed by atoms with Gasteiger partial charge < -0.3 is 27.1 Å². The molecule has 0 unspecified atom stereocenters. The van der Waals surface area contributed by atoms with Crippen LogP contribution in [-0.4, -0.2) is 0 Å². The molecule has 0 saturated carbocycles. The molecule has 8 aromatic rings. The number of hydrogen-bond acceptors (Lipinski definition) is 10. The van der Waals surface area contributed by atoms with Crippen molar-refractivity contribution in [3.63, 3.8) is 0 Å². The Morgan fingerprint density at radius 1 is 0.418 bits per heavy atom. The highest BCUT2D eigenvalue weighted by atomic mass is 127. The predicted molar refractivity (Wildman–Crippen MR) is 280 cm³/mol. The molecule has 0 radical (unpaired) electrons. The van der Waals surface area contributed by atoms with Crippen LogP contribution in [0.1, 0.15) is 42.2 Å². The first-order valence-corrected chi connectivity index (χ1v) is 21.8. The summed E-state index contributed by atoms with van der Waals surface area (Å²) in [6, 6.07) is 42.4. The Kier molecular flexibility index (Phi) is 23.9. The van der Waals surface area contributed by atoms with Crippen LogP contribution in [0.2, 0.25) is 0 Å². The van der Waals surface area contributed by atoms with E-state index in [1.165, 1.54) is 62.5 Å². The molecule has 0 fully saturated rings. The highest BCUT2D eigenvalue weighted by Crippen LogP contribution is 2.24. The maximum atomic E-state index is 11.0. The molecule has 0 bridgehead atoms. The maximum Gasteiger partial charge on any atom is 0.335 e. The van der Waals surface area contributed by atoms with Gasteiger partial charge in [-0.2, -0.15) is 0 Å². The van der Waals surface area contributed by atoms with E-state index in [-0.39, 0.29) is 18.7 Å². The topological polar surface area (TPSA) is 139 Å². The zero-order valence-electron chi connectivity index (χ0n) is 34.5. The molecular weight excluding hydrogens is 1140 g/mol.